The van der Waals surface area contributed by atoms with Gasteiger partial charge in [0, 0.05) is 37.0 Å². The van der Waals surface area contributed by atoms with E-state index in [-0.39, 0.29) is 17.9 Å². The van der Waals surface area contributed by atoms with Gasteiger partial charge in [-0.3, -0.25) is 14.6 Å². The molecule has 2 heterocycles. The number of benzene rings is 1. The summed E-state index contributed by atoms with van der Waals surface area (Å²) in [7, 11) is 0. The second kappa shape index (κ2) is 9.31. The zero-order chi connectivity index (χ0) is 19.1. The average Bonchev–Trinajstić information content (AvgIpc) is 3.02. The Morgan fingerprint density at radius 1 is 1.22 bits per heavy atom. The van der Waals surface area contributed by atoms with Crippen molar-refractivity contribution in [3.63, 3.8) is 0 Å². The lowest BCUT2D eigenvalue weighted by atomic mass is 10.1. The van der Waals surface area contributed by atoms with Gasteiger partial charge in [0.15, 0.2) is 0 Å². The maximum absolute atomic E-state index is 12.5. The molecular weight excluding hydrogens is 338 g/mol. The van der Waals surface area contributed by atoms with Gasteiger partial charge in [-0.2, -0.15) is 0 Å². The van der Waals surface area contributed by atoms with E-state index in [0.29, 0.717) is 18.5 Å². The van der Waals surface area contributed by atoms with Crippen molar-refractivity contribution in [3.05, 3.63) is 65.5 Å². The molecule has 1 aliphatic rings. The van der Waals surface area contributed by atoms with Crippen molar-refractivity contribution in [1.29, 1.82) is 0 Å². The number of aryl methyl sites for hydroxylation is 2. The minimum atomic E-state index is -0.126. The van der Waals surface area contributed by atoms with Gasteiger partial charge in [-0.15, -0.1) is 0 Å². The van der Waals surface area contributed by atoms with E-state index >= 15 is 0 Å². The minimum absolute atomic E-state index is 0.120. The number of carbonyl (C=O) groups excluding carboxylic acids is 2. The highest BCUT2D eigenvalue weighted by Gasteiger charge is 2.30. The third-order valence-electron chi connectivity index (χ3n) is 4.87. The Hall–Kier alpha value is -2.69. The van der Waals surface area contributed by atoms with Crippen LogP contribution in [0.5, 0.6) is 0 Å². The van der Waals surface area contributed by atoms with Crippen molar-refractivity contribution in [2.45, 2.75) is 45.1 Å². The van der Waals surface area contributed by atoms with Crippen LogP contribution in [0, 0.1) is 0 Å². The van der Waals surface area contributed by atoms with Crippen LogP contribution in [-0.4, -0.2) is 40.8 Å². The maximum Gasteiger partial charge on any atom is 0.251 e. The highest BCUT2D eigenvalue weighted by Crippen LogP contribution is 2.14. The van der Waals surface area contributed by atoms with E-state index in [0.717, 1.165) is 37.9 Å². The van der Waals surface area contributed by atoms with Crippen LogP contribution in [0.4, 0.5) is 0 Å². The maximum atomic E-state index is 12.5. The molecule has 1 aliphatic heterocycles. The summed E-state index contributed by atoms with van der Waals surface area (Å²) in [6.45, 7) is 3.41. The van der Waals surface area contributed by atoms with Crippen molar-refractivity contribution < 1.29 is 9.59 Å². The Labute approximate surface area is 160 Å². The van der Waals surface area contributed by atoms with Crippen molar-refractivity contribution in [2.75, 3.05) is 13.1 Å². The zero-order valence-corrected chi connectivity index (χ0v) is 15.9. The third kappa shape index (κ3) is 5.39. The average molecular weight is 365 g/mol. The van der Waals surface area contributed by atoms with Gasteiger partial charge >= 0.3 is 0 Å². The Morgan fingerprint density at radius 3 is 2.81 bits per heavy atom. The first kappa shape index (κ1) is 19.1. The monoisotopic (exact) mass is 365 g/mol. The summed E-state index contributed by atoms with van der Waals surface area (Å²) >= 11 is 0. The Balaban J connectivity index is 1.48. The van der Waals surface area contributed by atoms with Crippen LogP contribution >= 0.6 is 0 Å². The standard InChI is InChI=1S/C22H27N3O2/c1-2-7-19-14-18(11-12-23-19)22(27)24-20-15-21(26)25(16-20)13-6-10-17-8-4-3-5-9-17/h3-5,8-9,11-12,14,20H,2,6-7,10,13,15-16H2,1H3,(H,24,27)/t20-/m0/s1. The molecule has 5 nitrogen and oxygen atoms in total. The molecule has 0 unspecified atom stereocenters. The summed E-state index contributed by atoms with van der Waals surface area (Å²) in [4.78, 5) is 30.9. The van der Waals surface area contributed by atoms with Crippen molar-refractivity contribution >= 4 is 11.8 Å². The predicted molar refractivity (Wildman–Crippen MR) is 105 cm³/mol. The van der Waals surface area contributed by atoms with E-state index in [4.69, 9.17) is 0 Å². The number of hydrogen-bond donors (Lipinski definition) is 1. The summed E-state index contributed by atoms with van der Waals surface area (Å²) in [6, 6.07) is 13.7. The number of nitrogens with zero attached hydrogens (tertiary/aromatic N) is 2. The van der Waals surface area contributed by atoms with Crippen LogP contribution in [0.1, 0.15) is 47.8 Å². The number of likely N-dealkylation sites (tertiary alicyclic amines) is 1. The van der Waals surface area contributed by atoms with Gasteiger partial charge in [0.25, 0.3) is 5.91 Å². The van der Waals surface area contributed by atoms with Crippen LogP contribution in [-0.2, 0) is 17.6 Å². The van der Waals surface area contributed by atoms with Crippen molar-refractivity contribution in [3.8, 4) is 0 Å². The highest BCUT2D eigenvalue weighted by molar-refractivity contribution is 5.95. The van der Waals surface area contributed by atoms with Gasteiger partial charge in [-0.25, -0.2) is 0 Å². The number of rotatable bonds is 8. The minimum Gasteiger partial charge on any atom is -0.347 e. The van der Waals surface area contributed by atoms with Gasteiger partial charge in [-0.05, 0) is 37.0 Å². The van der Waals surface area contributed by atoms with Crippen LogP contribution in [0.3, 0.4) is 0 Å². The van der Waals surface area contributed by atoms with Gasteiger partial charge in [0.1, 0.15) is 0 Å². The topological polar surface area (TPSA) is 62.3 Å². The van der Waals surface area contributed by atoms with E-state index in [2.05, 4.69) is 29.4 Å². The predicted octanol–water partition coefficient (Wildman–Crippen LogP) is 3.00. The number of nitrogens with one attached hydrogen (secondary N) is 1. The first-order chi connectivity index (χ1) is 13.2. The molecule has 1 atom stereocenters. The quantitative estimate of drug-likeness (QED) is 0.782. The summed E-state index contributed by atoms with van der Waals surface area (Å²) < 4.78 is 0. The first-order valence-corrected chi connectivity index (χ1v) is 9.73. The van der Waals surface area contributed by atoms with Gasteiger partial charge in [-0.1, -0.05) is 43.7 Å². The molecule has 1 aromatic carbocycles. The van der Waals surface area contributed by atoms with E-state index in [1.807, 2.05) is 29.2 Å². The second-order valence-corrected chi connectivity index (χ2v) is 7.09. The van der Waals surface area contributed by atoms with Gasteiger partial charge < -0.3 is 10.2 Å². The van der Waals surface area contributed by atoms with Crippen LogP contribution < -0.4 is 5.32 Å². The molecule has 5 heteroatoms. The lowest BCUT2D eigenvalue weighted by Crippen LogP contribution is -2.37. The Kier molecular flexibility index (Phi) is 6.58. The molecule has 0 spiro atoms. The molecule has 0 bridgehead atoms. The molecule has 1 aromatic heterocycles. The van der Waals surface area contributed by atoms with E-state index in [1.165, 1.54) is 5.56 Å². The second-order valence-electron chi connectivity index (χ2n) is 7.09. The highest BCUT2D eigenvalue weighted by atomic mass is 16.2. The largest absolute Gasteiger partial charge is 0.347 e. The molecule has 1 fully saturated rings. The smallest absolute Gasteiger partial charge is 0.251 e. The lowest BCUT2D eigenvalue weighted by molar-refractivity contribution is -0.127. The number of amides is 2. The molecule has 0 aliphatic carbocycles. The van der Waals surface area contributed by atoms with E-state index < -0.39 is 0 Å². The summed E-state index contributed by atoms with van der Waals surface area (Å²) in [5, 5.41) is 3.00. The number of carbonyl (C=O) groups is 2. The molecule has 3 rings (SSSR count). The van der Waals surface area contributed by atoms with Crippen molar-refractivity contribution in [1.82, 2.24) is 15.2 Å². The zero-order valence-electron chi connectivity index (χ0n) is 15.9. The molecule has 0 radical (unpaired) electrons. The fourth-order valence-corrected chi connectivity index (χ4v) is 3.48. The summed E-state index contributed by atoms with van der Waals surface area (Å²) in [5.41, 5.74) is 2.83. The molecule has 1 saturated heterocycles. The summed E-state index contributed by atoms with van der Waals surface area (Å²) in [6.07, 6.45) is 5.80. The van der Waals surface area contributed by atoms with Crippen LogP contribution in [0.2, 0.25) is 0 Å². The van der Waals surface area contributed by atoms with Crippen LogP contribution in [0.15, 0.2) is 48.7 Å². The van der Waals surface area contributed by atoms with Gasteiger partial charge in [0.05, 0.1) is 6.04 Å². The Morgan fingerprint density at radius 2 is 2.04 bits per heavy atom. The number of pyridine rings is 1. The number of hydrogen-bond acceptors (Lipinski definition) is 3. The van der Waals surface area contributed by atoms with E-state index in [1.54, 1.807) is 12.3 Å². The fraction of sp³-hybridized carbons (Fsp3) is 0.409. The SMILES string of the molecule is CCCc1cc(C(=O)N[C@H]2CC(=O)N(CCCc3ccccc3)C2)ccn1. The summed E-state index contributed by atoms with van der Waals surface area (Å²) in [5.74, 6) is -0.00606. The van der Waals surface area contributed by atoms with Crippen molar-refractivity contribution in [2.24, 2.45) is 0 Å². The van der Waals surface area contributed by atoms with Gasteiger partial charge in [0.2, 0.25) is 5.91 Å². The molecule has 1 N–H and O–H groups in total. The normalized spacial score (nSPS) is 16.6. The first-order valence-electron chi connectivity index (χ1n) is 9.73. The van der Waals surface area contributed by atoms with Crippen LogP contribution in [0.25, 0.3) is 0 Å². The molecule has 142 valence electrons. The Bertz CT molecular complexity index is 776. The third-order valence-corrected chi connectivity index (χ3v) is 4.87. The molecular formula is C22H27N3O2. The molecule has 2 aromatic rings. The molecule has 2 amide bonds. The fourth-order valence-electron chi connectivity index (χ4n) is 3.48. The lowest BCUT2D eigenvalue weighted by Gasteiger charge is -2.17. The molecule has 27 heavy (non-hydrogen) atoms. The van der Waals surface area contributed by atoms with E-state index in [9.17, 15) is 9.59 Å². The number of aromatic nitrogens is 1. The molecule has 0 saturated carbocycles.